The number of carboxylic acid groups (broad SMARTS) is 1. The van der Waals surface area contributed by atoms with E-state index in [2.05, 4.69) is 6.07 Å². The van der Waals surface area contributed by atoms with Gasteiger partial charge in [0.2, 0.25) is 0 Å². The Kier molecular flexibility index (Phi) is 4.13. The van der Waals surface area contributed by atoms with Gasteiger partial charge in [0.1, 0.15) is 0 Å². The minimum atomic E-state index is -0.910. The molecule has 2 aromatic carbocycles. The summed E-state index contributed by atoms with van der Waals surface area (Å²) in [6.07, 6.45) is 0. The zero-order valence-electron chi connectivity index (χ0n) is 14.0. The number of nitrogens with zero attached hydrogens (tertiary/aromatic N) is 2. The summed E-state index contributed by atoms with van der Waals surface area (Å²) in [5, 5.41) is 9.52. The number of carbonyl (C=O) groups is 1. The number of anilines is 1. The lowest BCUT2D eigenvalue weighted by Gasteiger charge is -2.17. The van der Waals surface area contributed by atoms with E-state index in [1.165, 1.54) is 0 Å². The second kappa shape index (κ2) is 6.24. The number of aromatic carboxylic acids is 1. The molecule has 24 heavy (non-hydrogen) atoms. The van der Waals surface area contributed by atoms with Crippen molar-refractivity contribution in [3.05, 3.63) is 71.9 Å². The van der Waals surface area contributed by atoms with E-state index in [0.717, 1.165) is 28.3 Å². The molecule has 1 aromatic heterocycles. The first-order chi connectivity index (χ1) is 11.5. The number of hydrogen-bond donors (Lipinski definition) is 1. The maximum atomic E-state index is 11.6. The van der Waals surface area contributed by atoms with Crippen LogP contribution in [0.15, 0.2) is 60.7 Å². The first-order valence-electron chi connectivity index (χ1n) is 7.78. The predicted molar refractivity (Wildman–Crippen MR) is 97.2 cm³/mol. The third-order valence-corrected chi connectivity index (χ3v) is 4.15. The first-order valence-corrected chi connectivity index (χ1v) is 7.78. The zero-order chi connectivity index (χ0) is 17.3. The fourth-order valence-electron chi connectivity index (χ4n) is 2.89. The maximum Gasteiger partial charge on any atom is 0.337 e. The molecule has 1 heterocycles. The normalized spacial score (nSPS) is 10.6. The van der Waals surface area contributed by atoms with Crippen molar-refractivity contribution < 1.29 is 9.90 Å². The van der Waals surface area contributed by atoms with Gasteiger partial charge in [0.05, 0.1) is 11.3 Å². The predicted octanol–water partition coefficient (Wildman–Crippen LogP) is 4.22. The van der Waals surface area contributed by atoms with Crippen LogP contribution in [0.1, 0.15) is 16.1 Å². The third kappa shape index (κ3) is 2.78. The molecule has 0 unspecified atom stereocenters. The van der Waals surface area contributed by atoms with Crippen LogP contribution in [-0.2, 0) is 0 Å². The van der Waals surface area contributed by atoms with Crippen LogP contribution in [-0.4, -0.2) is 29.7 Å². The molecular weight excluding hydrogens is 300 g/mol. The van der Waals surface area contributed by atoms with E-state index in [1.54, 1.807) is 6.07 Å². The van der Waals surface area contributed by atoms with Crippen molar-refractivity contribution in [1.29, 1.82) is 0 Å². The molecule has 0 aliphatic heterocycles. The van der Waals surface area contributed by atoms with Gasteiger partial charge in [-0.3, -0.25) is 0 Å². The monoisotopic (exact) mass is 320 g/mol. The summed E-state index contributed by atoms with van der Waals surface area (Å²) in [6.45, 7) is 1.85. The highest BCUT2D eigenvalue weighted by Crippen LogP contribution is 2.30. The molecule has 0 atom stereocenters. The Morgan fingerprint density at radius 1 is 1.00 bits per heavy atom. The van der Waals surface area contributed by atoms with Crippen LogP contribution in [0.5, 0.6) is 0 Å². The summed E-state index contributed by atoms with van der Waals surface area (Å²) in [7, 11) is 3.98. The van der Waals surface area contributed by atoms with Crippen molar-refractivity contribution in [3.8, 4) is 16.9 Å². The molecule has 0 saturated carbocycles. The van der Waals surface area contributed by atoms with Gasteiger partial charge in [0, 0.05) is 31.2 Å². The summed E-state index contributed by atoms with van der Waals surface area (Å²) in [5.74, 6) is -0.910. The summed E-state index contributed by atoms with van der Waals surface area (Å²) in [4.78, 5) is 13.6. The standard InChI is InChI=1S/C20H20N2O2/c1-14-18(20(23)24)13-19(15-8-5-4-6-9-15)22(14)17-11-7-10-16(12-17)21(2)3/h4-13H,1-3H3,(H,23,24). The molecule has 4 heteroatoms. The fraction of sp³-hybridized carbons (Fsp3) is 0.150. The Labute approximate surface area is 141 Å². The molecule has 0 bridgehead atoms. The topological polar surface area (TPSA) is 45.5 Å². The molecule has 4 nitrogen and oxygen atoms in total. The number of hydrogen-bond acceptors (Lipinski definition) is 2. The minimum absolute atomic E-state index is 0.323. The first kappa shape index (κ1) is 15.9. The van der Waals surface area contributed by atoms with E-state index >= 15 is 0 Å². The Morgan fingerprint density at radius 3 is 2.33 bits per heavy atom. The molecule has 122 valence electrons. The number of rotatable bonds is 4. The lowest BCUT2D eigenvalue weighted by atomic mass is 10.1. The average molecular weight is 320 g/mol. The van der Waals surface area contributed by atoms with Gasteiger partial charge in [0.15, 0.2) is 0 Å². The largest absolute Gasteiger partial charge is 0.478 e. The quantitative estimate of drug-likeness (QED) is 0.783. The molecule has 3 rings (SSSR count). The van der Waals surface area contributed by atoms with Gasteiger partial charge in [0.25, 0.3) is 0 Å². The average Bonchev–Trinajstić information content (AvgIpc) is 2.93. The molecule has 0 amide bonds. The smallest absolute Gasteiger partial charge is 0.337 e. The Balaban J connectivity index is 2.26. The molecule has 0 fully saturated rings. The van der Waals surface area contributed by atoms with E-state index in [0.29, 0.717) is 5.56 Å². The molecular formula is C20H20N2O2. The fourth-order valence-corrected chi connectivity index (χ4v) is 2.89. The van der Waals surface area contributed by atoms with Crippen molar-refractivity contribution in [2.75, 3.05) is 19.0 Å². The highest BCUT2D eigenvalue weighted by atomic mass is 16.4. The summed E-state index contributed by atoms with van der Waals surface area (Å²) >= 11 is 0. The number of aromatic nitrogens is 1. The van der Waals surface area contributed by atoms with E-state index in [4.69, 9.17) is 0 Å². The molecule has 0 aliphatic rings. The zero-order valence-corrected chi connectivity index (χ0v) is 14.0. The second-order valence-electron chi connectivity index (χ2n) is 5.95. The van der Waals surface area contributed by atoms with E-state index < -0.39 is 5.97 Å². The molecule has 0 saturated heterocycles. The SMILES string of the molecule is Cc1c(C(=O)O)cc(-c2ccccc2)n1-c1cccc(N(C)C)c1. The van der Waals surface area contributed by atoms with Crippen molar-refractivity contribution in [2.45, 2.75) is 6.92 Å². The molecule has 0 radical (unpaired) electrons. The van der Waals surface area contributed by atoms with Gasteiger partial charge >= 0.3 is 5.97 Å². The molecule has 1 N–H and O–H groups in total. The van der Waals surface area contributed by atoms with E-state index in [9.17, 15) is 9.90 Å². The van der Waals surface area contributed by atoms with Crippen LogP contribution in [0.4, 0.5) is 5.69 Å². The maximum absolute atomic E-state index is 11.6. The molecule has 0 spiro atoms. The van der Waals surface area contributed by atoms with Gasteiger partial charge < -0.3 is 14.6 Å². The number of carboxylic acids is 1. The van der Waals surface area contributed by atoms with Crippen LogP contribution < -0.4 is 4.90 Å². The van der Waals surface area contributed by atoms with Gasteiger partial charge in [-0.2, -0.15) is 0 Å². The van der Waals surface area contributed by atoms with Crippen molar-refractivity contribution in [2.24, 2.45) is 0 Å². The van der Waals surface area contributed by atoms with Gasteiger partial charge in [-0.1, -0.05) is 36.4 Å². The summed E-state index contributed by atoms with van der Waals surface area (Å²) in [6, 6.07) is 19.7. The van der Waals surface area contributed by atoms with Crippen LogP contribution >= 0.6 is 0 Å². The molecule has 3 aromatic rings. The third-order valence-electron chi connectivity index (χ3n) is 4.15. The van der Waals surface area contributed by atoms with Crippen LogP contribution in [0.25, 0.3) is 16.9 Å². The van der Waals surface area contributed by atoms with E-state index in [-0.39, 0.29) is 0 Å². The highest BCUT2D eigenvalue weighted by molar-refractivity contribution is 5.91. The Bertz CT molecular complexity index is 880. The lowest BCUT2D eigenvalue weighted by molar-refractivity contribution is 0.0696. The van der Waals surface area contributed by atoms with Crippen LogP contribution in [0.2, 0.25) is 0 Å². The van der Waals surface area contributed by atoms with Crippen molar-refractivity contribution in [3.63, 3.8) is 0 Å². The minimum Gasteiger partial charge on any atom is -0.478 e. The Morgan fingerprint density at radius 2 is 1.71 bits per heavy atom. The highest BCUT2D eigenvalue weighted by Gasteiger charge is 2.19. The lowest BCUT2D eigenvalue weighted by Crippen LogP contribution is -2.09. The van der Waals surface area contributed by atoms with Crippen molar-refractivity contribution in [1.82, 2.24) is 4.57 Å². The summed E-state index contributed by atoms with van der Waals surface area (Å²) < 4.78 is 2.01. The van der Waals surface area contributed by atoms with E-state index in [1.807, 2.05) is 79.0 Å². The van der Waals surface area contributed by atoms with Crippen molar-refractivity contribution >= 4 is 11.7 Å². The van der Waals surface area contributed by atoms with Crippen LogP contribution in [0, 0.1) is 6.92 Å². The second-order valence-corrected chi connectivity index (χ2v) is 5.95. The van der Waals surface area contributed by atoms with Gasteiger partial charge in [-0.15, -0.1) is 0 Å². The van der Waals surface area contributed by atoms with Crippen LogP contribution in [0.3, 0.4) is 0 Å². The van der Waals surface area contributed by atoms with Gasteiger partial charge in [-0.05, 0) is 36.8 Å². The Hall–Kier alpha value is -3.01. The summed E-state index contributed by atoms with van der Waals surface area (Å²) in [5.41, 5.74) is 4.92. The number of benzene rings is 2. The molecule has 0 aliphatic carbocycles. The van der Waals surface area contributed by atoms with Gasteiger partial charge in [-0.25, -0.2) is 4.79 Å².